The predicted octanol–water partition coefficient (Wildman–Crippen LogP) is -2.60. The Morgan fingerprint density at radius 1 is 0.982 bits per heavy atom. The van der Waals surface area contributed by atoms with Crippen molar-refractivity contribution in [3.63, 3.8) is 0 Å². The first-order valence-corrected chi connectivity index (χ1v) is 17.3. The summed E-state index contributed by atoms with van der Waals surface area (Å²) in [7, 11) is 0. The number of nitrogens with one attached hydrogen (secondary N) is 7. The van der Waals surface area contributed by atoms with Crippen molar-refractivity contribution in [2.75, 3.05) is 31.6 Å². The van der Waals surface area contributed by atoms with Crippen LogP contribution in [0.3, 0.4) is 0 Å². The van der Waals surface area contributed by atoms with Gasteiger partial charge in [0.05, 0.1) is 19.3 Å². The average Bonchev–Trinajstić information content (AvgIpc) is 3.43. The fourth-order valence-electron chi connectivity index (χ4n) is 5.28. The molecule has 6 atom stereocenters. The highest BCUT2D eigenvalue weighted by molar-refractivity contribution is 5.97. The molecule has 0 saturated carbocycles. The van der Waals surface area contributed by atoms with Crippen molar-refractivity contribution in [3.8, 4) is 0 Å². The number of carbonyl (C=O) groups excluding carboxylic acids is 5. The fourth-order valence-corrected chi connectivity index (χ4v) is 5.28. The van der Waals surface area contributed by atoms with Crippen LogP contribution in [0.15, 0.2) is 41.3 Å². The van der Waals surface area contributed by atoms with E-state index in [1.54, 1.807) is 30.3 Å². The third-order valence-corrected chi connectivity index (χ3v) is 8.11. The zero-order valence-electron chi connectivity index (χ0n) is 30.0. The number of halogens is 1. The lowest BCUT2D eigenvalue weighted by Crippen LogP contribution is -2.51. The minimum absolute atomic E-state index is 0.0348. The lowest BCUT2D eigenvalue weighted by Gasteiger charge is -2.21. The maximum absolute atomic E-state index is 15.1. The normalized spacial score (nSPS) is 18.6. The first-order valence-electron chi connectivity index (χ1n) is 17.3. The molecule has 55 heavy (non-hydrogen) atoms. The zero-order chi connectivity index (χ0) is 40.5. The number of alkyl carbamates (subject to hydrolysis) is 1. The van der Waals surface area contributed by atoms with Crippen molar-refractivity contribution in [2.45, 2.75) is 82.3 Å². The van der Waals surface area contributed by atoms with E-state index >= 15 is 4.39 Å². The monoisotopic (exact) mass is 778 g/mol. The maximum Gasteiger partial charge on any atom is 0.408 e. The molecule has 3 unspecified atom stereocenters. The number of amides is 5. The lowest BCUT2D eigenvalue weighted by atomic mass is 10.1. The van der Waals surface area contributed by atoms with Crippen molar-refractivity contribution >= 4 is 41.5 Å². The highest BCUT2D eigenvalue weighted by Crippen LogP contribution is 2.28. The largest absolute Gasteiger partial charge is 0.445 e. The van der Waals surface area contributed by atoms with Crippen molar-refractivity contribution in [1.29, 1.82) is 5.41 Å². The molecule has 3 rings (SSSR count). The van der Waals surface area contributed by atoms with E-state index in [1.165, 1.54) is 6.92 Å². The van der Waals surface area contributed by atoms with Crippen molar-refractivity contribution in [2.24, 2.45) is 5.73 Å². The summed E-state index contributed by atoms with van der Waals surface area (Å²) in [5, 5.41) is 51.4. The van der Waals surface area contributed by atoms with Crippen LogP contribution in [-0.2, 0) is 35.3 Å². The molecule has 21 nitrogen and oxygen atoms in total. The number of guanidine groups is 1. The van der Waals surface area contributed by atoms with Crippen LogP contribution in [0.5, 0.6) is 0 Å². The van der Waals surface area contributed by atoms with Crippen LogP contribution >= 0.6 is 0 Å². The summed E-state index contributed by atoms with van der Waals surface area (Å²) in [6.07, 6.45) is -5.51. The summed E-state index contributed by atoms with van der Waals surface area (Å²) in [5.41, 5.74) is 4.81. The standard InChI is InChI=1S/C33H47FN10O11/c1-18(46)37-12-6-5-10-22(29(51)42-27-20(34)15-44(32(52)43-27)30-26(49)25(48)23(16-45)55-30)40-24(47)14-39-28(50)21(11-7-13-38-31(35)36)41-33(53)54-17-19-8-3-2-4-9-19/h2-4,8-9,15,21-23,25-26,30,45,48-49H,5-7,10-14,16-17H2,1H3,(H,37,46)(H,39,50)(H,40,47)(H,41,53)(H4,35,36,38)(H,42,43,51,52)/t21?,22?,23-,25?,26+,30-/m1/s1. The number of aliphatic hydroxyl groups is 3. The van der Waals surface area contributed by atoms with E-state index in [0.717, 1.165) is 0 Å². The smallest absolute Gasteiger partial charge is 0.408 e. The highest BCUT2D eigenvalue weighted by Gasteiger charge is 2.44. The molecular formula is C33H47FN10O11. The molecule has 1 aliphatic heterocycles. The van der Waals surface area contributed by atoms with E-state index in [4.69, 9.17) is 20.6 Å². The van der Waals surface area contributed by atoms with Gasteiger partial charge >= 0.3 is 11.8 Å². The summed E-state index contributed by atoms with van der Waals surface area (Å²) >= 11 is 0. The van der Waals surface area contributed by atoms with Gasteiger partial charge in [-0.3, -0.25) is 29.2 Å². The summed E-state index contributed by atoms with van der Waals surface area (Å²) in [6, 6.07) is 6.25. The topological polar surface area (TPSA) is 321 Å². The molecule has 0 bridgehead atoms. The van der Waals surface area contributed by atoms with Crippen LogP contribution in [0.25, 0.3) is 0 Å². The first-order chi connectivity index (χ1) is 26.2. The van der Waals surface area contributed by atoms with Gasteiger partial charge in [0, 0.05) is 20.0 Å². The highest BCUT2D eigenvalue weighted by atomic mass is 19.1. The molecule has 1 saturated heterocycles. The number of benzene rings is 1. The molecule has 0 aliphatic carbocycles. The van der Waals surface area contributed by atoms with Gasteiger partial charge in [-0.1, -0.05) is 30.3 Å². The van der Waals surface area contributed by atoms with Gasteiger partial charge in [0.2, 0.25) is 23.6 Å². The number of anilines is 1. The molecule has 12 N–H and O–H groups in total. The Balaban J connectivity index is 1.66. The number of rotatable bonds is 20. The summed E-state index contributed by atoms with van der Waals surface area (Å²) in [6.45, 7) is 0.348. The number of hydrogen-bond donors (Lipinski definition) is 11. The van der Waals surface area contributed by atoms with Crippen LogP contribution in [-0.4, -0.2) is 117 Å². The molecular weight excluding hydrogens is 731 g/mol. The van der Waals surface area contributed by atoms with Gasteiger partial charge in [0.25, 0.3) is 0 Å². The van der Waals surface area contributed by atoms with E-state index in [9.17, 15) is 44.1 Å². The second kappa shape index (κ2) is 21.9. The van der Waals surface area contributed by atoms with Gasteiger partial charge in [-0.2, -0.15) is 4.98 Å². The Bertz CT molecular complexity index is 1700. The van der Waals surface area contributed by atoms with Crippen molar-refractivity contribution in [3.05, 3.63) is 58.4 Å². The van der Waals surface area contributed by atoms with E-state index in [0.29, 0.717) is 22.7 Å². The van der Waals surface area contributed by atoms with E-state index in [1.807, 2.05) is 0 Å². The molecule has 0 radical (unpaired) electrons. The molecule has 302 valence electrons. The van der Waals surface area contributed by atoms with E-state index in [-0.39, 0.29) is 57.2 Å². The Hall–Kier alpha value is -5.71. The van der Waals surface area contributed by atoms with E-state index < -0.39 is 90.9 Å². The van der Waals surface area contributed by atoms with Crippen molar-refractivity contribution < 1.29 is 53.2 Å². The summed E-state index contributed by atoms with van der Waals surface area (Å²) in [4.78, 5) is 79.5. The minimum Gasteiger partial charge on any atom is -0.445 e. The third-order valence-electron chi connectivity index (χ3n) is 8.11. The SMILES string of the molecule is CC(=O)NCCCCC(NC(=O)CNC(=O)C(CCCNC(=N)N)NC(=O)OCc1ccccc1)C(=O)Nc1nc(=O)n([C@@H]2O[C@H](CO)C(O)[C@@H]2O)cc1F. The minimum atomic E-state index is -1.71. The van der Waals surface area contributed by atoms with E-state index in [2.05, 4.69) is 36.9 Å². The quantitative estimate of drug-likeness (QED) is 0.0373. The van der Waals surface area contributed by atoms with Crippen LogP contribution in [0.2, 0.25) is 0 Å². The summed E-state index contributed by atoms with van der Waals surface area (Å²) in [5.74, 6) is -5.25. The Morgan fingerprint density at radius 3 is 2.31 bits per heavy atom. The molecule has 22 heteroatoms. The first kappa shape index (κ1) is 43.7. The number of aromatic nitrogens is 2. The second-order valence-electron chi connectivity index (χ2n) is 12.4. The molecule has 1 aromatic heterocycles. The number of aliphatic hydroxyl groups excluding tert-OH is 3. The number of nitrogens with two attached hydrogens (primary N) is 1. The van der Waals surface area contributed by atoms with Gasteiger partial charge in [-0.15, -0.1) is 0 Å². The van der Waals surface area contributed by atoms with Crippen LogP contribution in [0, 0.1) is 11.2 Å². The van der Waals surface area contributed by atoms with Gasteiger partial charge in [0.15, 0.2) is 23.8 Å². The maximum atomic E-state index is 15.1. The molecule has 0 spiro atoms. The van der Waals surface area contributed by atoms with Crippen molar-refractivity contribution in [1.82, 2.24) is 36.1 Å². The molecule has 2 heterocycles. The van der Waals surface area contributed by atoms with Gasteiger partial charge in [-0.25, -0.2) is 14.0 Å². The molecule has 1 aromatic carbocycles. The Kier molecular flexibility index (Phi) is 17.4. The molecule has 1 aliphatic rings. The number of ether oxygens (including phenoxy) is 2. The third kappa shape index (κ3) is 14.2. The van der Waals surface area contributed by atoms with Crippen LogP contribution < -0.4 is 43.3 Å². The number of nitrogens with zero attached hydrogens (tertiary/aromatic N) is 2. The number of carbonyl (C=O) groups is 5. The zero-order valence-corrected chi connectivity index (χ0v) is 30.0. The Morgan fingerprint density at radius 2 is 1.65 bits per heavy atom. The average molecular weight is 779 g/mol. The Labute approximate surface area is 314 Å². The molecule has 2 aromatic rings. The lowest BCUT2D eigenvalue weighted by molar-refractivity contribution is -0.129. The number of unbranched alkanes of at least 4 members (excludes halogenated alkanes) is 1. The van der Waals surface area contributed by atoms with Gasteiger partial charge < -0.3 is 62.4 Å². The fraction of sp³-hybridized carbons (Fsp3) is 0.515. The van der Waals surface area contributed by atoms with Gasteiger partial charge in [-0.05, 0) is 37.7 Å². The van der Waals surface area contributed by atoms with Gasteiger partial charge in [0.1, 0.15) is 37.0 Å². The second-order valence-corrected chi connectivity index (χ2v) is 12.4. The predicted molar refractivity (Wildman–Crippen MR) is 190 cm³/mol. The van der Waals surface area contributed by atoms with Crippen LogP contribution in [0.1, 0.15) is 50.8 Å². The summed E-state index contributed by atoms with van der Waals surface area (Å²) < 4.78 is 26.1. The number of hydrogen-bond acceptors (Lipinski definition) is 13. The molecule has 1 fully saturated rings. The van der Waals surface area contributed by atoms with Crippen LogP contribution in [0.4, 0.5) is 15.0 Å². The molecule has 5 amide bonds.